The summed E-state index contributed by atoms with van der Waals surface area (Å²) in [5, 5.41) is 11.8. The third-order valence-electron chi connectivity index (χ3n) is 4.05. The van der Waals surface area contributed by atoms with Crippen molar-refractivity contribution in [1.29, 1.82) is 0 Å². The molecule has 0 aliphatic carbocycles. The number of carbonyl (C=O) groups excluding carboxylic acids is 1. The molecule has 0 radical (unpaired) electrons. The van der Waals surface area contributed by atoms with Gasteiger partial charge in [0, 0.05) is 25.6 Å². The average molecular weight is 290 g/mol. The van der Waals surface area contributed by atoms with Crippen molar-refractivity contribution in [3.8, 4) is 0 Å². The molecule has 2 amide bonds. The first kappa shape index (κ1) is 15.4. The molecule has 0 aromatic heterocycles. The Morgan fingerprint density at radius 3 is 2.62 bits per heavy atom. The van der Waals surface area contributed by atoms with Crippen molar-refractivity contribution >= 4 is 12.0 Å². The lowest BCUT2D eigenvalue weighted by Gasteiger charge is -2.41. The van der Waals surface area contributed by atoms with Crippen molar-refractivity contribution < 1.29 is 14.7 Å². The number of urea groups is 1. The minimum atomic E-state index is -0.789. The highest BCUT2D eigenvalue weighted by molar-refractivity contribution is 5.76. The number of carboxylic acid groups (broad SMARTS) is 1. The molecule has 1 aliphatic rings. The van der Waals surface area contributed by atoms with E-state index in [2.05, 4.69) is 17.4 Å². The maximum absolute atomic E-state index is 11.8. The van der Waals surface area contributed by atoms with Gasteiger partial charge >= 0.3 is 12.0 Å². The predicted molar refractivity (Wildman–Crippen MR) is 80.0 cm³/mol. The molecule has 21 heavy (non-hydrogen) atoms. The number of rotatable bonds is 6. The summed E-state index contributed by atoms with van der Waals surface area (Å²) in [6.07, 6.45) is 1.85. The fourth-order valence-electron chi connectivity index (χ4n) is 2.44. The van der Waals surface area contributed by atoms with Crippen LogP contribution in [0.4, 0.5) is 4.79 Å². The van der Waals surface area contributed by atoms with Crippen LogP contribution in [-0.4, -0.2) is 41.6 Å². The number of nitrogens with zero attached hydrogens (tertiary/aromatic N) is 1. The van der Waals surface area contributed by atoms with E-state index in [9.17, 15) is 9.59 Å². The second-order valence-corrected chi connectivity index (χ2v) is 5.61. The quantitative estimate of drug-likeness (QED) is 0.787. The number of carbonyl (C=O) groups is 2. The SMILES string of the molecule is CC(C(=O)O)C1CN(C(=O)NCCCc2ccccc2)C1. The molecule has 2 rings (SSSR count). The second-order valence-electron chi connectivity index (χ2n) is 5.61. The molecule has 0 bridgehead atoms. The number of aryl methyl sites for hydroxylation is 1. The van der Waals surface area contributed by atoms with Crippen LogP contribution in [0.15, 0.2) is 30.3 Å². The maximum Gasteiger partial charge on any atom is 0.317 e. The monoisotopic (exact) mass is 290 g/mol. The Hall–Kier alpha value is -2.04. The zero-order valence-corrected chi connectivity index (χ0v) is 12.3. The van der Waals surface area contributed by atoms with Crippen LogP contribution >= 0.6 is 0 Å². The molecule has 1 heterocycles. The van der Waals surface area contributed by atoms with Gasteiger partial charge in [0.25, 0.3) is 0 Å². The second kappa shape index (κ2) is 7.11. The maximum atomic E-state index is 11.8. The summed E-state index contributed by atoms with van der Waals surface area (Å²) in [7, 11) is 0. The molecule has 1 atom stereocenters. The van der Waals surface area contributed by atoms with E-state index in [1.165, 1.54) is 5.56 Å². The fourth-order valence-corrected chi connectivity index (χ4v) is 2.44. The lowest BCUT2D eigenvalue weighted by Crippen LogP contribution is -2.56. The van der Waals surface area contributed by atoms with Crippen LogP contribution in [-0.2, 0) is 11.2 Å². The zero-order valence-electron chi connectivity index (χ0n) is 12.3. The van der Waals surface area contributed by atoms with E-state index < -0.39 is 5.97 Å². The molecule has 2 N–H and O–H groups in total. The summed E-state index contributed by atoms with van der Waals surface area (Å²) in [6.45, 7) is 3.42. The molecule has 1 unspecified atom stereocenters. The largest absolute Gasteiger partial charge is 0.481 e. The van der Waals surface area contributed by atoms with Crippen LogP contribution in [0, 0.1) is 11.8 Å². The predicted octanol–water partition coefficient (Wildman–Crippen LogP) is 1.98. The van der Waals surface area contributed by atoms with E-state index in [0.717, 1.165) is 12.8 Å². The van der Waals surface area contributed by atoms with Gasteiger partial charge in [-0.1, -0.05) is 37.3 Å². The first-order valence-electron chi connectivity index (χ1n) is 7.37. The Morgan fingerprint density at radius 2 is 2.00 bits per heavy atom. The zero-order chi connectivity index (χ0) is 15.2. The van der Waals surface area contributed by atoms with Gasteiger partial charge in [-0.3, -0.25) is 4.79 Å². The summed E-state index contributed by atoms with van der Waals surface area (Å²) in [5.41, 5.74) is 1.27. The Labute approximate surface area is 125 Å². The summed E-state index contributed by atoms with van der Waals surface area (Å²) < 4.78 is 0. The molecule has 5 heteroatoms. The van der Waals surface area contributed by atoms with Crippen LogP contribution in [0.1, 0.15) is 18.9 Å². The summed E-state index contributed by atoms with van der Waals surface area (Å²) >= 11 is 0. The summed E-state index contributed by atoms with van der Waals surface area (Å²) in [6, 6.07) is 10.1. The Balaban J connectivity index is 1.60. The average Bonchev–Trinajstić information content (AvgIpc) is 2.43. The van der Waals surface area contributed by atoms with Crippen LogP contribution in [0.5, 0.6) is 0 Å². The highest BCUT2D eigenvalue weighted by Crippen LogP contribution is 2.23. The van der Waals surface area contributed by atoms with E-state index in [0.29, 0.717) is 19.6 Å². The lowest BCUT2D eigenvalue weighted by atomic mass is 9.87. The molecule has 1 saturated heterocycles. The van der Waals surface area contributed by atoms with Crippen LogP contribution in [0.2, 0.25) is 0 Å². The van der Waals surface area contributed by atoms with Gasteiger partial charge in [-0.05, 0) is 18.4 Å². The van der Waals surface area contributed by atoms with Gasteiger partial charge in [0.05, 0.1) is 5.92 Å². The molecule has 0 spiro atoms. The lowest BCUT2D eigenvalue weighted by molar-refractivity contribution is -0.144. The number of amides is 2. The number of benzene rings is 1. The molecule has 1 aliphatic heterocycles. The Bertz CT molecular complexity index is 484. The van der Waals surface area contributed by atoms with Gasteiger partial charge in [-0.15, -0.1) is 0 Å². The standard InChI is InChI=1S/C16H22N2O3/c1-12(15(19)20)14-10-18(11-14)16(21)17-9-5-8-13-6-3-2-4-7-13/h2-4,6-7,12,14H,5,8-11H2,1H3,(H,17,21)(H,19,20). The van der Waals surface area contributed by atoms with Gasteiger partial charge in [0.2, 0.25) is 0 Å². The fraction of sp³-hybridized carbons (Fsp3) is 0.500. The summed E-state index contributed by atoms with van der Waals surface area (Å²) in [5.74, 6) is -1.09. The highest BCUT2D eigenvalue weighted by atomic mass is 16.4. The van der Waals surface area contributed by atoms with Crippen LogP contribution < -0.4 is 5.32 Å². The van der Waals surface area contributed by atoms with Gasteiger partial charge in [0.1, 0.15) is 0 Å². The molecule has 5 nitrogen and oxygen atoms in total. The van der Waals surface area contributed by atoms with Crippen LogP contribution in [0.3, 0.4) is 0 Å². The van der Waals surface area contributed by atoms with Gasteiger partial charge < -0.3 is 15.3 Å². The van der Waals surface area contributed by atoms with E-state index in [1.807, 2.05) is 18.2 Å². The summed E-state index contributed by atoms with van der Waals surface area (Å²) in [4.78, 5) is 24.4. The first-order chi connectivity index (χ1) is 10.1. The van der Waals surface area contributed by atoms with E-state index in [-0.39, 0.29) is 17.9 Å². The first-order valence-corrected chi connectivity index (χ1v) is 7.37. The number of hydrogen-bond donors (Lipinski definition) is 2. The molecular formula is C16H22N2O3. The number of likely N-dealkylation sites (tertiary alicyclic amines) is 1. The number of hydrogen-bond acceptors (Lipinski definition) is 2. The van der Waals surface area contributed by atoms with E-state index >= 15 is 0 Å². The third kappa shape index (κ3) is 4.21. The van der Waals surface area contributed by atoms with Gasteiger partial charge in [0.15, 0.2) is 0 Å². The Kier molecular flexibility index (Phi) is 5.20. The van der Waals surface area contributed by atoms with Crippen molar-refractivity contribution in [3.63, 3.8) is 0 Å². The normalized spacial score (nSPS) is 16.1. The van der Waals surface area contributed by atoms with Crippen molar-refractivity contribution in [1.82, 2.24) is 10.2 Å². The molecule has 0 saturated carbocycles. The number of nitrogens with one attached hydrogen (secondary N) is 1. The van der Waals surface area contributed by atoms with Crippen molar-refractivity contribution in [3.05, 3.63) is 35.9 Å². The van der Waals surface area contributed by atoms with Crippen molar-refractivity contribution in [2.45, 2.75) is 19.8 Å². The van der Waals surface area contributed by atoms with Gasteiger partial charge in [-0.25, -0.2) is 4.79 Å². The van der Waals surface area contributed by atoms with E-state index in [4.69, 9.17) is 5.11 Å². The third-order valence-corrected chi connectivity index (χ3v) is 4.05. The number of carboxylic acids is 1. The topological polar surface area (TPSA) is 69.6 Å². The molecule has 1 fully saturated rings. The number of aliphatic carboxylic acids is 1. The van der Waals surface area contributed by atoms with Crippen molar-refractivity contribution in [2.24, 2.45) is 11.8 Å². The van der Waals surface area contributed by atoms with Crippen molar-refractivity contribution in [2.75, 3.05) is 19.6 Å². The smallest absolute Gasteiger partial charge is 0.317 e. The molecule has 1 aromatic rings. The molecule has 114 valence electrons. The molecule has 1 aromatic carbocycles. The van der Waals surface area contributed by atoms with Gasteiger partial charge in [-0.2, -0.15) is 0 Å². The van der Waals surface area contributed by atoms with E-state index in [1.54, 1.807) is 11.8 Å². The highest BCUT2D eigenvalue weighted by Gasteiger charge is 2.36. The molecular weight excluding hydrogens is 268 g/mol. The minimum absolute atomic E-state index is 0.0811. The Morgan fingerprint density at radius 1 is 1.33 bits per heavy atom. The minimum Gasteiger partial charge on any atom is -0.481 e. The van der Waals surface area contributed by atoms with Crippen LogP contribution in [0.25, 0.3) is 0 Å².